The normalized spacial score (nSPS) is 21.3. The molecule has 0 aromatic rings. The summed E-state index contributed by atoms with van der Waals surface area (Å²) in [5.41, 5.74) is -0.306. The van der Waals surface area contributed by atoms with Crippen molar-refractivity contribution in [3.8, 4) is 0 Å². The van der Waals surface area contributed by atoms with Crippen molar-refractivity contribution in [3.63, 3.8) is 0 Å². The molecule has 0 aliphatic heterocycles. The van der Waals surface area contributed by atoms with Crippen LogP contribution in [0, 0.1) is 5.92 Å². The first-order valence-electron chi connectivity index (χ1n) is 4.87. The van der Waals surface area contributed by atoms with E-state index in [2.05, 4.69) is 13.8 Å². The van der Waals surface area contributed by atoms with Crippen molar-refractivity contribution in [2.45, 2.75) is 59.0 Å². The van der Waals surface area contributed by atoms with Crippen LogP contribution in [0.2, 0.25) is 0 Å². The topological polar surface area (TPSA) is 20.2 Å². The van der Waals surface area contributed by atoms with Crippen molar-refractivity contribution < 1.29 is 5.11 Å². The smallest absolute Gasteiger partial charge is 0.0670 e. The summed E-state index contributed by atoms with van der Waals surface area (Å²) >= 11 is 0. The minimum atomic E-state index is -0.306. The average Bonchev–Trinajstić information content (AvgIpc) is 2.42. The minimum absolute atomic E-state index is 0.306. The molecule has 0 heterocycles. The molecule has 11 heavy (non-hydrogen) atoms. The number of hydrogen-bond acceptors (Lipinski definition) is 1. The zero-order valence-electron chi connectivity index (χ0n) is 8.35. The summed E-state index contributed by atoms with van der Waals surface area (Å²) in [4.78, 5) is 0. The van der Waals surface area contributed by atoms with Crippen LogP contribution >= 0.6 is 0 Å². The van der Waals surface area contributed by atoms with E-state index in [4.69, 9.17) is 0 Å². The average molecular weight is 158 g/mol. The highest BCUT2D eigenvalue weighted by Crippen LogP contribution is 2.35. The maximum atomic E-state index is 9.77. The van der Waals surface area contributed by atoms with Crippen LogP contribution in [0.1, 0.15) is 53.4 Å². The minimum Gasteiger partial charge on any atom is -0.390 e. The Bertz CT molecular complexity index is 91.0. The number of hydrogen-bond donors (Lipinski definition) is 1. The fourth-order valence-electron chi connectivity index (χ4n) is 1.56. The molecule has 1 aliphatic rings. The Labute approximate surface area is 70.8 Å². The Balaban J connectivity index is 0.000000461. The second kappa shape index (κ2) is 4.76. The van der Waals surface area contributed by atoms with Gasteiger partial charge >= 0.3 is 0 Å². The molecule has 0 spiro atoms. The summed E-state index contributed by atoms with van der Waals surface area (Å²) in [6.45, 7) is 8.20. The molecule has 0 amide bonds. The first-order chi connectivity index (χ1) is 5.15. The summed E-state index contributed by atoms with van der Waals surface area (Å²) in [5, 5.41) is 9.77. The summed E-state index contributed by atoms with van der Waals surface area (Å²) < 4.78 is 0. The maximum Gasteiger partial charge on any atom is 0.0670 e. The van der Waals surface area contributed by atoms with Gasteiger partial charge in [0.2, 0.25) is 0 Å². The van der Waals surface area contributed by atoms with Gasteiger partial charge in [0.25, 0.3) is 0 Å². The first-order valence-corrected chi connectivity index (χ1v) is 4.87. The van der Waals surface area contributed by atoms with Crippen molar-refractivity contribution in [1.82, 2.24) is 0 Å². The molecule has 68 valence electrons. The zero-order chi connectivity index (χ0) is 8.91. The Morgan fingerprint density at radius 3 is 1.64 bits per heavy atom. The zero-order valence-corrected chi connectivity index (χ0v) is 8.35. The van der Waals surface area contributed by atoms with Gasteiger partial charge in [0.05, 0.1) is 5.60 Å². The molecule has 0 saturated heterocycles. The van der Waals surface area contributed by atoms with E-state index in [0.29, 0.717) is 5.92 Å². The van der Waals surface area contributed by atoms with Crippen molar-refractivity contribution in [1.29, 1.82) is 0 Å². The third-order valence-corrected chi connectivity index (χ3v) is 2.54. The van der Waals surface area contributed by atoms with E-state index in [9.17, 15) is 5.11 Å². The van der Waals surface area contributed by atoms with Gasteiger partial charge in [0.1, 0.15) is 0 Å². The van der Waals surface area contributed by atoms with Gasteiger partial charge in [-0.15, -0.1) is 0 Å². The molecule has 1 nitrogen and oxygen atoms in total. The first kappa shape index (κ1) is 11.0. The van der Waals surface area contributed by atoms with Crippen molar-refractivity contribution >= 4 is 0 Å². The van der Waals surface area contributed by atoms with Gasteiger partial charge < -0.3 is 5.11 Å². The Hall–Kier alpha value is -0.0400. The third-order valence-electron chi connectivity index (χ3n) is 2.54. The summed E-state index contributed by atoms with van der Waals surface area (Å²) in [7, 11) is 0. The van der Waals surface area contributed by atoms with Crippen LogP contribution in [0.4, 0.5) is 0 Å². The van der Waals surface area contributed by atoms with Crippen LogP contribution in [0.5, 0.6) is 0 Å². The lowest BCUT2D eigenvalue weighted by Crippen LogP contribution is -2.30. The lowest BCUT2D eigenvalue weighted by Gasteiger charge is -2.26. The predicted molar refractivity (Wildman–Crippen MR) is 49.6 cm³/mol. The van der Waals surface area contributed by atoms with Gasteiger partial charge in [-0.1, -0.05) is 40.5 Å². The highest BCUT2D eigenvalue weighted by molar-refractivity contribution is 4.86. The molecule has 0 aromatic heterocycles. The molecular formula is C10H22O. The van der Waals surface area contributed by atoms with Crippen LogP contribution in [-0.2, 0) is 0 Å². The van der Waals surface area contributed by atoms with Crippen LogP contribution in [0.3, 0.4) is 0 Å². The fourth-order valence-corrected chi connectivity index (χ4v) is 1.56. The molecule has 0 radical (unpaired) electrons. The largest absolute Gasteiger partial charge is 0.390 e. The molecule has 1 saturated carbocycles. The Morgan fingerprint density at radius 1 is 1.09 bits per heavy atom. The van der Waals surface area contributed by atoms with E-state index < -0.39 is 0 Å². The quantitative estimate of drug-likeness (QED) is 0.622. The van der Waals surface area contributed by atoms with Gasteiger partial charge in [-0.3, -0.25) is 0 Å². The molecule has 1 aliphatic carbocycles. The highest BCUT2D eigenvalue weighted by Gasteiger charge is 2.33. The predicted octanol–water partition coefficient (Wildman–Crippen LogP) is 2.97. The van der Waals surface area contributed by atoms with Gasteiger partial charge in [-0.05, 0) is 18.8 Å². The van der Waals surface area contributed by atoms with Crippen LogP contribution in [0.15, 0.2) is 0 Å². The van der Waals surface area contributed by atoms with Crippen molar-refractivity contribution in [2.75, 3.05) is 0 Å². The second-order valence-corrected chi connectivity index (χ2v) is 3.47. The van der Waals surface area contributed by atoms with Gasteiger partial charge in [0.15, 0.2) is 0 Å². The van der Waals surface area contributed by atoms with Crippen LogP contribution in [-0.4, -0.2) is 10.7 Å². The van der Waals surface area contributed by atoms with E-state index >= 15 is 0 Å². The molecule has 1 fully saturated rings. The molecule has 0 unspecified atom stereocenters. The van der Waals surface area contributed by atoms with Gasteiger partial charge in [-0.2, -0.15) is 0 Å². The van der Waals surface area contributed by atoms with E-state index in [0.717, 1.165) is 12.8 Å². The van der Waals surface area contributed by atoms with Gasteiger partial charge in [-0.25, -0.2) is 0 Å². The Morgan fingerprint density at radius 2 is 1.45 bits per heavy atom. The molecule has 0 bridgehead atoms. The summed E-state index contributed by atoms with van der Waals surface area (Å²) in [6.07, 6.45) is 4.47. The summed E-state index contributed by atoms with van der Waals surface area (Å²) in [6, 6.07) is 0. The second-order valence-electron chi connectivity index (χ2n) is 3.47. The van der Waals surface area contributed by atoms with E-state index in [1.165, 1.54) is 12.8 Å². The van der Waals surface area contributed by atoms with Crippen LogP contribution < -0.4 is 0 Å². The van der Waals surface area contributed by atoms with Crippen molar-refractivity contribution in [2.24, 2.45) is 5.92 Å². The SMILES string of the molecule is CC.CC(C)C1(O)CCCC1. The molecular weight excluding hydrogens is 136 g/mol. The molecule has 0 aromatic carbocycles. The monoisotopic (exact) mass is 158 g/mol. The Kier molecular flexibility index (Phi) is 4.74. The molecule has 1 N–H and O–H groups in total. The molecule has 0 atom stereocenters. The van der Waals surface area contributed by atoms with E-state index in [-0.39, 0.29) is 5.60 Å². The standard InChI is InChI=1S/C8H16O.C2H6/c1-7(2)8(9)5-3-4-6-8;1-2/h7,9H,3-6H2,1-2H3;1-2H3. The van der Waals surface area contributed by atoms with Crippen LogP contribution in [0.25, 0.3) is 0 Å². The lowest BCUT2D eigenvalue weighted by molar-refractivity contribution is 0.00205. The maximum absolute atomic E-state index is 9.77. The van der Waals surface area contributed by atoms with E-state index in [1.54, 1.807) is 0 Å². The van der Waals surface area contributed by atoms with Gasteiger partial charge in [0, 0.05) is 0 Å². The summed E-state index contributed by atoms with van der Waals surface area (Å²) in [5.74, 6) is 0.444. The van der Waals surface area contributed by atoms with Crippen molar-refractivity contribution in [3.05, 3.63) is 0 Å². The molecule has 1 heteroatoms. The molecule has 1 rings (SSSR count). The fraction of sp³-hybridized carbons (Fsp3) is 1.00. The lowest BCUT2D eigenvalue weighted by atomic mass is 9.89. The third kappa shape index (κ3) is 2.82. The highest BCUT2D eigenvalue weighted by atomic mass is 16.3. The van der Waals surface area contributed by atoms with E-state index in [1.807, 2.05) is 13.8 Å². The number of aliphatic hydroxyl groups is 1. The number of rotatable bonds is 1.